The molecule has 1 unspecified atom stereocenters. The largest absolute Gasteiger partial charge is 0.332 e. The number of nitrogens with zero attached hydrogens (tertiary/aromatic N) is 2. The van der Waals surface area contributed by atoms with Gasteiger partial charge in [-0.05, 0) is 38.8 Å². The molecule has 2 heterocycles. The van der Waals surface area contributed by atoms with E-state index in [0.717, 1.165) is 12.8 Å². The number of pyridine rings is 1. The van der Waals surface area contributed by atoms with E-state index in [1.165, 1.54) is 0 Å². The maximum Gasteiger partial charge on any atom is 0.254 e. The van der Waals surface area contributed by atoms with Gasteiger partial charge >= 0.3 is 0 Å². The first-order chi connectivity index (χ1) is 8.00. The molecular weight excluding hydrogens is 214 g/mol. The molecule has 1 aliphatic rings. The van der Waals surface area contributed by atoms with Crippen LogP contribution in [0.3, 0.4) is 0 Å². The normalized spacial score (nSPS) is 23.5. The Hall–Kier alpha value is -1.42. The molecule has 0 radical (unpaired) electrons. The van der Waals surface area contributed by atoms with Crippen LogP contribution in [-0.4, -0.2) is 33.9 Å². The van der Waals surface area contributed by atoms with Gasteiger partial charge in [-0.2, -0.15) is 0 Å². The molecular formula is C13H19N3O. The highest BCUT2D eigenvalue weighted by Crippen LogP contribution is 2.28. The fraction of sp³-hybridized carbons (Fsp3) is 0.538. The van der Waals surface area contributed by atoms with Gasteiger partial charge in [0.15, 0.2) is 0 Å². The van der Waals surface area contributed by atoms with Crippen molar-refractivity contribution in [1.29, 1.82) is 0 Å². The molecule has 0 aliphatic carbocycles. The maximum atomic E-state index is 12.4. The van der Waals surface area contributed by atoms with Crippen molar-refractivity contribution in [3.63, 3.8) is 0 Å². The van der Waals surface area contributed by atoms with E-state index in [1.54, 1.807) is 24.5 Å². The van der Waals surface area contributed by atoms with Crippen molar-refractivity contribution >= 4 is 5.91 Å². The van der Waals surface area contributed by atoms with Crippen molar-refractivity contribution in [1.82, 2.24) is 9.88 Å². The number of aromatic nitrogens is 1. The molecule has 1 aromatic heterocycles. The minimum atomic E-state index is -0.115. The van der Waals surface area contributed by atoms with Gasteiger partial charge < -0.3 is 10.6 Å². The Morgan fingerprint density at radius 1 is 1.47 bits per heavy atom. The number of likely N-dealkylation sites (tertiary alicyclic amines) is 1. The van der Waals surface area contributed by atoms with Gasteiger partial charge in [0.05, 0.1) is 0 Å². The van der Waals surface area contributed by atoms with Gasteiger partial charge in [0.25, 0.3) is 5.91 Å². The summed E-state index contributed by atoms with van der Waals surface area (Å²) < 4.78 is 0. The smallest absolute Gasteiger partial charge is 0.254 e. The van der Waals surface area contributed by atoms with Crippen LogP contribution in [0.5, 0.6) is 0 Å². The highest BCUT2D eigenvalue weighted by Gasteiger charge is 2.36. The maximum absolute atomic E-state index is 12.4. The minimum absolute atomic E-state index is 0.0487. The summed E-state index contributed by atoms with van der Waals surface area (Å²) >= 11 is 0. The van der Waals surface area contributed by atoms with E-state index in [2.05, 4.69) is 18.8 Å². The molecule has 92 valence electrons. The van der Waals surface area contributed by atoms with Crippen LogP contribution >= 0.6 is 0 Å². The van der Waals surface area contributed by atoms with Crippen LogP contribution in [0, 0.1) is 0 Å². The van der Waals surface area contributed by atoms with Gasteiger partial charge in [-0.1, -0.05) is 0 Å². The third-order valence-electron chi connectivity index (χ3n) is 3.45. The molecule has 1 saturated heterocycles. The lowest BCUT2D eigenvalue weighted by atomic mass is 9.88. The Balaban J connectivity index is 2.23. The molecule has 0 spiro atoms. The number of rotatable bonds is 1. The summed E-state index contributed by atoms with van der Waals surface area (Å²) in [6, 6.07) is 3.59. The molecule has 4 nitrogen and oxygen atoms in total. The first kappa shape index (κ1) is 12.0. The summed E-state index contributed by atoms with van der Waals surface area (Å²) in [6.07, 6.45) is 5.21. The summed E-state index contributed by atoms with van der Waals surface area (Å²) in [6.45, 7) is 4.82. The first-order valence-electron chi connectivity index (χ1n) is 5.98. The number of hydrogen-bond donors (Lipinski definition) is 1. The molecule has 1 fully saturated rings. The Bertz CT molecular complexity index is 402. The zero-order valence-corrected chi connectivity index (χ0v) is 10.4. The van der Waals surface area contributed by atoms with E-state index >= 15 is 0 Å². The van der Waals surface area contributed by atoms with Gasteiger partial charge in [0.2, 0.25) is 0 Å². The zero-order valence-electron chi connectivity index (χ0n) is 10.4. The minimum Gasteiger partial charge on any atom is -0.332 e. The molecule has 17 heavy (non-hydrogen) atoms. The van der Waals surface area contributed by atoms with Crippen LogP contribution < -0.4 is 5.73 Å². The molecule has 1 amide bonds. The Kier molecular flexibility index (Phi) is 3.15. The number of nitrogens with two attached hydrogens (primary N) is 1. The fourth-order valence-electron chi connectivity index (χ4n) is 2.25. The Labute approximate surface area is 102 Å². The van der Waals surface area contributed by atoms with Crippen LogP contribution in [0.1, 0.15) is 37.0 Å². The highest BCUT2D eigenvalue weighted by molar-refractivity contribution is 5.94. The molecule has 1 atom stereocenters. The lowest BCUT2D eigenvalue weighted by molar-refractivity contribution is 0.0395. The predicted molar refractivity (Wildman–Crippen MR) is 66.6 cm³/mol. The van der Waals surface area contributed by atoms with Crippen molar-refractivity contribution < 1.29 is 4.79 Å². The van der Waals surface area contributed by atoms with Crippen LogP contribution in [-0.2, 0) is 0 Å². The van der Waals surface area contributed by atoms with Crippen molar-refractivity contribution in [3.05, 3.63) is 30.1 Å². The zero-order chi connectivity index (χ0) is 12.5. The summed E-state index contributed by atoms with van der Waals surface area (Å²) in [5.41, 5.74) is 6.52. The quantitative estimate of drug-likeness (QED) is 0.798. The van der Waals surface area contributed by atoms with Gasteiger partial charge in [-0.15, -0.1) is 0 Å². The standard InChI is InChI=1S/C13H19N3O/c1-13(2)6-3-11(14)9-16(13)12(17)10-4-7-15-8-5-10/h4-5,7-8,11H,3,6,9,14H2,1-2H3. The van der Waals surface area contributed by atoms with Gasteiger partial charge in [0.1, 0.15) is 0 Å². The topological polar surface area (TPSA) is 59.2 Å². The van der Waals surface area contributed by atoms with Crippen molar-refractivity contribution in [2.75, 3.05) is 6.54 Å². The number of hydrogen-bond acceptors (Lipinski definition) is 3. The Morgan fingerprint density at radius 3 is 2.76 bits per heavy atom. The summed E-state index contributed by atoms with van der Waals surface area (Å²) in [5.74, 6) is 0.0487. The molecule has 2 N–H and O–H groups in total. The third kappa shape index (κ3) is 2.47. The van der Waals surface area contributed by atoms with Crippen LogP contribution in [0.2, 0.25) is 0 Å². The number of piperidine rings is 1. The number of amides is 1. The summed E-state index contributed by atoms with van der Waals surface area (Å²) in [5, 5.41) is 0. The molecule has 1 aromatic rings. The lowest BCUT2D eigenvalue weighted by Gasteiger charge is -2.44. The van der Waals surface area contributed by atoms with Crippen LogP contribution in [0.4, 0.5) is 0 Å². The average Bonchev–Trinajstić information content (AvgIpc) is 2.33. The van der Waals surface area contributed by atoms with E-state index in [-0.39, 0.29) is 17.5 Å². The molecule has 0 saturated carbocycles. The summed E-state index contributed by atoms with van der Waals surface area (Å²) in [4.78, 5) is 18.2. The molecule has 1 aliphatic heterocycles. The van der Waals surface area contributed by atoms with Crippen LogP contribution in [0.25, 0.3) is 0 Å². The SMILES string of the molecule is CC1(C)CCC(N)CN1C(=O)c1ccncc1. The predicted octanol–water partition coefficient (Wildman–Crippen LogP) is 1.42. The second kappa shape index (κ2) is 4.45. The summed E-state index contributed by atoms with van der Waals surface area (Å²) in [7, 11) is 0. The van der Waals surface area contributed by atoms with E-state index < -0.39 is 0 Å². The van der Waals surface area contributed by atoms with Crippen molar-refractivity contribution in [3.8, 4) is 0 Å². The van der Waals surface area contributed by atoms with E-state index in [1.807, 2.05) is 4.90 Å². The Morgan fingerprint density at radius 2 is 2.12 bits per heavy atom. The lowest BCUT2D eigenvalue weighted by Crippen LogP contribution is -2.56. The number of carbonyl (C=O) groups is 1. The van der Waals surface area contributed by atoms with E-state index in [9.17, 15) is 4.79 Å². The molecule has 2 rings (SSSR count). The van der Waals surface area contributed by atoms with E-state index in [4.69, 9.17) is 5.73 Å². The number of carbonyl (C=O) groups excluding carboxylic acids is 1. The second-order valence-electron chi connectivity index (χ2n) is 5.26. The van der Waals surface area contributed by atoms with Crippen molar-refractivity contribution in [2.24, 2.45) is 5.73 Å². The fourth-order valence-corrected chi connectivity index (χ4v) is 2.25. The van der Waals surface area contributed by atoms with E-state index in [0.29, 0.717) is 12.1 Å². The average molecular weight is 233 g/mol. The molecule has 0 aromatic carbocycles. The van der Waals surface area contributed by atoms with Gasteiger partial charge in [0, 0.05) is 36.1 Å². The monoisotopic (exact) mass is 233 g/mol. The first-order valence-corrected chi connectivity index (χ1v) is 5.98. The molecule has 4 heteroatoms. The van der Waals surface area contributed by atoms with Crippen molar-refractivity contribution in [2.45, 2.75) is 38.3 Å². The van der Waals surface area contributed by atoms with Crippen LogP contribution in [0.15, 0.2) is 24.5 Å². The van der Waals surface area contributed by atoms with Gasteiger partial charge in [-0.25, -0.2) is 0 Å². The highest BCUT2D eigenvalue weighted by atomic mass is 16.2. The van der Waals surface area contributed by atoms with Gasteiger partial charge in [-0.3, -0.25) is 9.78 Å². The third-order valence-corrected chi connectivity index (χ3v) is 3.45. The molecule has 0 bridgehead atoms. The second-order valence-corrected chi connectivity index (χ2v) is 5.26.